The van der Waals surface area contributed by atoms with E-state index in [4.69, 9.17) is 14.6 Å². The largest absolute Gasteiger partial charge is 0.493 e. The van der Waals surface area contributed by atoms with Gasteiger partial charge in [-0.15, -0.1) is 0 Å². The van der Waals surface area contributed by atoms with Crippen LogP contribution in [0.15, 0.2) is 12.1 Å². The minimum absolute atomic E-state index is 0.144. The van der Waals surface area contributed by atoms with Crippen molar-refractivity contribution in [3.63, 3.8) is 0 Å². The summed E-state index contributed by atoms with van der Waals surface area (Å²) in [6.45, 7) is 0.925. The molecule has 0 bridgehead atoms. The zero-order valence-corrected chi connectivity index (χ0v) is 9.62. The molecule has 0 saturated carbocycles. The van der Waals surface area contributed by atoms with Crippen LogP contribution in [-0.2, 0) is 13.0 Å². The van der Waals surface area contributed by atoms with E-state index in [0.717, 1.165) is 24.5 Å². The molecule has 2 rings (SSSR count). The summed E-state index contributed by atoms with van der Waals surface area (Å²) in [6.07, 6.45) is 0.826. The molecule has 4 heteroatoms. The van der Waals surface area contributed by atoms with Gasteiger partial charge in [-0.1, -0.05) is 0 Å². The highest BCUT2D eigenvalue weighted by Crippen LogP contribution is 2.32. The van der Waals surface area contributed by atoms with E-state index in [0.29, 0.717) is 0 Å². The van der Waals surface area contributed by atoms with Crippen LogP contribution in [0.25, 0.3) is 0 Å². The van der Waals surface area contributed by atoms with E-state index >= 15 is 0 Å². The van der Waals surface area contributed by atoms with Crippen LogP contribution >= 0.6 is 0 Å². The molecule has 88 valence electrons. The zero-order valence-electron chi connectivity index (χ0n) is 9.62. The van der Waals surface area contributed by atoms with E-state index in [1.165, 1.54) is 11.1 Å². The van der Waals surface area contributed by atoms with Crippen molar-refractivity contribution in [3.8, 4) is 11.5 Å². The molecule has 4 nitrogen and oxygen atoms in total. The number of aliphatic hydroxyl groups excluding tert-OH is 1. The number of hydrogen-bond donors (Lipinski definition) is 2. The summed E-state index contributed by atoms with van der Waals surface area (Å²) < 4.78 is 10.5. The first-order valence-corrected chi connectivity index (χ1v) is 5.36. The minimum Gasteiger partial charge on any atom is -0.493 e. The lowest BCUT2D eigenvalue weighted by Crippen LogP contribution is -2.38. The Balaban J connectivity index is 2.34. The Bertz CT molecular complexity index is 379. The van der Waals surface area contributed by atoms with Gasteiger partial charge in [0.15, 0.2) is 11.5 Å². The summed E-state index contributed by atoms with van der Waals surface area (Å²) in [5, 5.41) is 12.4. The molecule has 1 aromatic rings. The first kappa shape index (κ1) is 11.2. The van der Waals surface area contributed by atoms with Crippen LogP contribution in [0.3, 0.4) is 0 Å². The van der Waals surface area contributed by atoms with E-state index in [-0.39, 0.29) is 12.6 Å². The van der Waals surface area contributed by atoms with Gasteiger partial charge in [-0.3, -0.25) is 0 Å². The van der Waals surface area contributed by atoms with Crippen LogP contribution in [0.2, 0.25) is 0 Å². The number of hydrogen-bond acceptors (Lipinski definition) is 4. The number of rotatable bonds is 3. The second-order valence-corrected chi connectivity index (χ2v) is 3.94. The molecule has 0 unspecified atom stereocenters. The Morgan fingerprint density at radius 2 is 1.88 bits per heavy atom. The molecule has 16 heavy (non-hydrogen) atoms. The maximum absolute atomic E-state index is 9.13. The zero-order chi connectivity index (χ0) is 11.5. The summed E-state index contributed by atoms with van der Waals surface area (Å²) in [4.78, 5) is 0. The summed E-state index contributed by atoms with van der Waals surface area (Å²) >= 11 is 0. The second-order valence-electron chi connectivity index (χ2n) is 3.94. The molecule has 1 aliphatic heterocycles. The van der Waals surface area contributed by atoms with Gasteiger partial charge in [-0.2, -0.15) is 0 Å². The molecule has 0 aliphatic carbocycles. The van der Waals surface area contributed by atoms with Gasteiger partial charge in [-0.05, 0) is 29.7 Å². The summed E-state index contributed by atoms with van der Waals surface area (Å²) in [5.74, 6) is 1.50. The molecule has 1 atom stereocenters. The van der Waals surface area contributed by atoms with Gasteiger partial charge in [0.05, 0.1) is 20.8 Å². The highest BCUT2D eigenvalue weighted by atomic mass is 16.5. The van der Waals surface area contributed by atoms with Crippen LogP contribution in [0.5, 0.6) is 11.5 Å². The first-order chi connectivity index (χ1) is 7.78. The molecule has 1 aliphatic rings. The molecule has 0 saturated heterocycles. The van der Waals surface area contributed by atoms with E-state index in [9.17, 15) is 0 Å². The predicted molar refractivity (Wildman–Crippen MR) is 61.0 cm³/mol. The number of aliphatic hydroxyl groups is 1. The van der Waals surface area contributed by atoms with Crippen molar-refractivity contribution in [1.29, 1.82) is 0 Å². The van der Waals surface area contributed by atoms with Crippen molar-refractivity contribution in [1.82, 2.24) is 5.32 Å². The lowest BCUT2D eigenvalue weighted by molar-refractivity contribution is 0.235. The number of nitrogens with one attached hydrogen (secondary N) is 1. The van der Waals surface area contributed by atoms with Gasteiger partial charge in [0.2, 0.25) is 0 Å². The molecule has 0 spiro atoms. The van der Waals surface area contributed by atoms with Gasteiger partial charge in [0.25, 0.3) is 0 Å². The predicted octanol–water partition coefficient (Wildman–Crippen LogP) is 0.710. The lowest BCUT2D eigenvalue weighted by Gasteiger charge is -2.25. The van der Waals surface area contributed by atoms with Crippen molar-refractivity contribution in [2.75, 3.05) is 20.8 Å². The maximum atomic E-state index is 9.13. The summed E-state index contributed by atoms with van der Waals surface area (Å²) in [5.41, 5.74) is 2.43. The standard InChI is InChI=1S/C12H17NO3/c1-15-11-4-8-3-10(7-14)13-6-9(8)5-12(11)16-2/h4-5,10,13-14H,3,6-7H2,1-2H3/t10-/m1/s1. The Hall–Kier alpha value is -1.26. The molecule has 0 aromatic heterocycles. The SMILES string of the molecule is COc1cc2c(cc1OC)C[C@H](CO)NC2. The van der Waals surface area contributed by atoms with Crippen LogP contribution in [-0.4, -0.2) is 32.0 Å². The van der Waals surface area contributed by atoms with Gasteiger partial charge >= 0.3 is 0 Å². The smallest absolute Gasteiger partial charge is 0.161 e. The van der Waals surface area contributed by atoms with E-state index in [1.807, 2.05) is 12.1 Å². The molecule has 0 radical (unpaired) electrons. The minimum atomic E-state index is 0.144. The topological polar surface area (TPSA) is 50.7 Å². The molecule has 1 aromatic carbocycles. The third kappa shape index (κ3) is 1.99. The van der Waals surface area contributed by atoms with Crippen molar-refractivity contribution < 1.29 is 14.6 Å². The van der Waals surface area contributed by atoms with Crippen molar-refractivity contribution in [2.24, 2.45) is 0 Å². The van der Waals surface area contributed by atoms with Crippen molar-refractivity contribution >= 4 is 0 Å². The third-order valence-electron chi connectivity index (χ3n) is 2.97. The first-order valence-electron chi connectivity index (χ1n) is 5.36. The second kappa shape index (κ2) is 4.72. The Morgan fingerprint density at radius 1 is 1.25 bits per heavy atom. The molecule has 2 N–H and O–H groups in total. The van der Waals surface area contributed by atoms with Gasteiger partial charge < -0.3 is 19.9 Å². The Kier molecular flexibility index (Phi) is 3.31. The quantitative estimate of drug-likeness (QED) is 0.792. The average molecular weight is 223 g/mol. The van der Waals surface area contributed by atoms with Gasteiger partial charge in [0, 0.05) is 12.6 Å². The Morgan fingerprint density at radius 3 is 2.44 bits per heavy atom. The maximum Gasteiger partial charge on any atom is 0.161 e. The van der Waals surface area contributed by atoms with Crippen LogP contribution in [0, 0.1) is 0 Å². The van der Waals surface area contributed by atoms with Crippen molar-refractivity contribution in [2.45, 2.75) is 19.0 Å². The summed E-state index contributed by atoms with van der Waals surface area (Å²) in [6, 6.07) is 4.14. The van der Waals surface area contributed by atoms with E-state index in [1.54, 1.807) is 14.2 Å². The summed E-state index contributed by atoms with van der Waals surface area (Å²) in [7, 11) is 3.27. The van der Waals surface area contributed by atoms with Gasteiger partial charge in [0.1, 0.15) is 0 Å². The molecule has 0 amide bonds. The molecule has 1 heterocycles. The Labute approximate surface area is 95.2 Å². The highest BCUT2D eigenvalue weighted by molar-refractivity contribution is 5.48. The number of methoxy groups -OCH3 is 2. The van der Waals surface area contributed by atoms with E-state index < -0.39 is 0 Å². The monoisotopic (exact) mass is 223 g/mol. The lowest BCUT2D eigenvalue weighted by atomic mass is 9.95. The van der Waals surface area contributed by atoms with Crippen LogP contribution in [0.4, 0.5) is 0 Å². The normalized spacial score (nSPS) is 19.1. The highest BCUT2D eigenvalue weighted by Gasteiger charge is 2.19. The number of fused-ring (bicyclic) bond motifs is 1. The fraction of sp³-hybridized carbons (Fsp3) is 0.500. The van der Waals surface area contributed by atoms with Crippen molar-refractivity contribution in [3.05, 3.63) is 23.3 Å². The third-order valence-corrected chi connectivity index (χ3v) is 2.97. The number of benzene rings is 1. The molecular weight excluding hydrogens is 206 g/mol. The molecular formula is C12H17NO3. The van der Waals surface area contributed by atoms with E-state index in [2.05, 4.69) is 5.32 Å². The fourth-order valence-corrected chi connectivity index (χ4v) is 2.04. The van der Waals surface area contributed by atoms with Gasteiger partial charge in [-0.25, -0.2) is 0 Å². The fourth-order valence-electron chi connectivity index (χ4n) is 2.04. The number of ether oxygens (including phenoxy) is 2. The van der Waals surface area contributed by atoms with Crippen LogP contribution in [0.1, 0.15) is 11.1 Å². The average Bonchev–Trinajstić information content (AvgIpc) is 2.36. The van der Waals surface area contributed by atoms with Crippen LogP contribution < -0.4 is 14.8 Å². The molecule has 0 fully saturated rings.